The van der Waals surface area contributed by atoms with Gasteiger partial charge in [0.15, 0.2) is 0 Å². The third kappa shape index (κ3) is 2.59. The van der Waals surface area contributed by atoms with Gasteiger partial charge in [0.1, 0.15) is 5.56 Å². The summed E-state index contributed by atoms with van der Waals surface area (Å²) < 4.78 is 1.78. The molecule has 0 saturated heterocycles. The van der Waals surface area contributed by atoms with E-state index in [4.69, 9.17) is 0 Å². The van der Waals surface area contributed by atoms with Crippen molar-refractivity contribution in [2.75, 3.05) is 0 Å². The van der Waals surface area contributed by atoms with E-state index in [-0.39, 0.29) is 0 Å². The van der Waals surface area contributed by atoms with Crippen LogP contribution in [-0.4, -0.2) is 20.9 Å². The predicted octanol–water partition coefficient (Wildman–Crippen LogP) is 3.39. The predicted molar refractivity (Wildman–Crippen MR) is 78.6 cm³/mol. The van der Waals surface area contributed by atoms with Crippen molar-refractivity contribution in [1.29, 1.82) is 0 Å². The normalized spacial score (nSPS) is 10.8. The van der Waals surface area contributed by atoms with Crippen LogP contribution in [0.1, 0.15) is 47.6 Å². The van der Waals surface area contributed by atoms with Crippen molar-refractivity contribution in [3.05, 3.63) is 46.8 Å². The van der Waals surface area contributed by atoms with Crippen LogP contribution in [0, 0.1) is 6.92 Å². The molecule has 4 nitrogen and oxygen atoms in total. The maximum atomic E-state index is 11.5. The lowest BCUT2D eigenvalue weighted by Gasteiger charge is -2.07. The van der Waals surface area contributed by atoms with E-state index in [1.54, 1.807) is 4.68 Å². The molecule has 2 aromatic rings. The Balaban J connectivity index is 2.64. The van der Waals surface area contributed by atoms with E-state index in [0.29, 0.717) is 24.1 Å². The van der Waals surface area contributed by atoms with Gasteiger partial charge >= 0.3 is 5.97 Å². The van der Waals surface area contributed by atoms with Crippen molar-refractivity contribution >= 4 is 5.97 Å². The van der Waals surface area contributed by atoms with E-state index >= 15 is 0 Å². The standard InChI is InChI=1S/C16H20N2O2/c1-4-7-13-15(16(19)20)14(5-2)18(17-13)12-9-6-8-11(3)10-12/h6,8-10H,4-5,7H2,1-3H3,(H,19,20). The lowest BCUT2D eigenvalue weighted by molar-refractivity contribution is 0.0694. The molecule has 106 valence electrons. The van der Waals surface area contributed by atoms with Crippen LogP contribution in [0.15, 0.2) is 24.3 Å². The van der Waals surface area contributed by atoms with Gasteiger partial charge in [-0.25, -0.2) is 9.48 Å². The molecular weight excluding hydrogens is 252 g/mol. The Morgan fingerprint density at radius 1 is 1.35 bits per heavy atom. The minimum atomic E-state index is -0.885. The highest BCUT2D eigenvalue weighted by Crippen LogP contribution is 2.21. The maximum Gasteiger partial charge on any atom is 0.339 e. The summed E-state index contributed by atoms with van der Waals surface area (Å²) in [5, 5.41) is 14.0. The molecule has 1 aromatic heterocycles. The molecule has 0 atom stereocenters. The van der Waals surface area contributed by atoms with Crippen LogP contribution in [0.3, 0.4) is 0 Å². The third-order valence-electron chi connectivity index (χ3n) is 3.34. The number of aromatic nitrogens is 2. The molecule has 2 rings (SSSR count). The first-order valence-corrected chi connectivity index (χ1v) is 6.99. The minimum absolute atomic E-state index is 0.371. The first kappa shape index (κ1) is 14.3. The van der Waals surface area contributed by atoms with Crippen molar-refractivity contribution < 1.29 is 9.90 Å². The number of rotatable bonds is 5. The molecule has 1 aromatic carbocycles. The van der Waals surface area contributed by atoms with E-state index in [1.807, 2.05) is 45.0 Å². The summed E-state index contributed by atoms with van der Waals surface area (Å²) in [6.07, 6.45) is 2.22. The summed E-state index contributed by atoms with van der Waals surface area (Å²) in [5.74, 6) is -0.885. The molecule has 20 heavy (non-hydrogen) atoms. The van der Waals surface area contributed by atoms with Crippen molar-refractivity contribution in [1.82, 2.24) is 9.78 Å². The number of carboxylic acid groups (broad SMARTS) is 1. The van der Waals surface area contributed by atoms with Crippen LogP contribution in [0.25, 0.3) is 5.69 Å². The second kappa shape index (κ2) is 5.90. The van der Waals surface area contributed by atoms with Crippen LogP contribution in [0.5, 0.6) is 0 Å². The number of hydrogen-bond donors (Lipinski definition) is 1. The smallest absolute Gasteiger partial charge is 0.339 e. The first-order chi connectivity index (χ1) is 9.58. The number of carbonyl (C=O) groups is 1. The zero-order chi connectivity index (χ0) is 14.7. The van der Waals surface area contributed by atoms with Gasteiger partial charge in [0.2, 0.25) is 0 Å². The summed E-state index contributed by atoms with van der Waals surface area (Å²) >= 11 is 0. The van der Waals surface area contributed by atoms with E-state index in [9.17, 15) is 9.90 Å². The Labute approximate surface area is 119 Å². The van der Waals surface area contributed by atoms with Gasteiger partial charge in [0.25, 0.3) is 0 Å². The quantitative estimate of drug-likeness (QED) is 0.907. The summed E-state index contributed by atoms with van der Waals surface area (Å²) in [7, 11) is 0. The summed E-state index contributed by atoms with van der Waals surface area (Å²) in [4.78, 5) is 11.5. The van der Waals surface area contributed by atoms with Gasteiger partial charge in [-0.05, 0) is 37.5 Å². The molecule has 4 heteroatoms. The van der Waals surface area contributed by atoms with Crippen molar-refractivity contribution in [3.63, 3.8) is 0 Å². The average molecular weight is 272 g/mol. The van der Waals surface area contributed by atoms with E-state index in [1.165, 1.54) is 0 Å². The second-order valence-electron chi connectivity index (χ2n) is 4.93. The molecule has 0 amide bonds. The molecule has 0 aliphatic carbocycles. The number of aryl methyl sites for hydroxylation is 2. The Hall–Kier alpha value is -2.10. The van der Waals surface area contributed by atoms with Gasteiger partial charge in [0, 0.05) is 0 Å². The summed E-state index contributed by atoms with van der Waals surface area (Å²) in [6.45, 7) is 6.01. The van der Waals surface area contributed by atoms with Crippen molar-refractivity contribution in [2.45, 2.75) is 40.0 Å². The second-order valence-corrected chi connectivity index (χ2v) is 4.93. The highest BCUT2D eigenvalue weighted by atomic mass is 16.4. The molecule has 0 spiro atoms. The van der Waals surface area contributed by atoms with Gasteiger partial charge in [-0.1, -0.05) is 32.4 Å². The molecule has 0 radical (unpaired) electrons. The average Bonchev–Trinajstić information content (AvgIpc) is 2.77. The zero-order valence-corrected chi connectivity index (χ0v) is 12.2. The van der Waals surface area contributed by atoms with E-state index in [2.05, 4.69) is 5.10 Å². The SMILES string of the molecule is CCCc1nn(-c2cccc(C)c2)c(CC)c1C(=O)O. The summed E-state index contributed by atoms with van der Waals surface area (Å²) in [5.41, 5.74) is 3.88. The van der Waals surface area contributed by atoms with Crippen LogP contribution >= 0.6 is 0 Å². The van der Waals surface area contributed by atoms with Gasteiger partial charge in [-0.2, -0.15) is 5.10 Å². The van der Waals surface area contributed by atoms with Gasteiger partial charge in [0.05, 0.1) is 17.1 Å². The lowest BCUT2D eigenvalue weighted by atomic mass is 10.1. The zero-order valence-electron chi connectivity index (χ0n) is 12.2. The molecule has 1 heterocycles. The third-order valence-corrected chi connectivity index (χ3v) is 3.34. The number of carboxylic acids is 1. The Bertz CT molecular complexity index is 629. The van der Waals surface area contributed by atoms with E-state index in [0.717, 1.165) is 23.4 Å². The number of benzene rings is 1. The molecule has 0 fully saturated rings. The largest absolute Gasteiger partial charge is 0.478 e. The first-order valence-electron chi connectivity index (χ1n) is 6.99. The van der Waals surface area contributed by atoms with Crippen LogP contribution < -0.4 is 0 Å². The van der Waals surface area contributed by atoms with Gasteiger partial charge in [-0.15, -0.1) is 0 Å². The van der Waals surface area contributed by atoms with Crippen LogP contribution in [0.2, 0.25) is 0 Å². The number of hydrogen-bond acceptors (Lipinski definition) is 2. The molecule has 0 saturated carbocycles. The van der Waals surface area contributed by atoms with Crippen LogP contribution in [-0.2, 0) is 12.8 Å². The fraction of sp³-hybridized carbons (Fsp3) is 0.375. The Kier molecular flexibility index (Phi) is 4.23. The monoisotopic (exact) mass is 272 g/mol. The van der Waals surface area contributed by atoms with E-state index < -0.39 is 5.97 Å². The minimum Gasteiger partial charge on any atom is -0.478 e. The van der Waals surface area contributed by atoms with Crippen molar-refractivity contribution in [3.8, 4) is 5.69 Å². The van der Waals surface area contributed by atoms with Crippen molar-refractivity contribution in [2.24, 2.45) is 0 Å². The molecule has 1 N–H and O–H groups in total. The summed E-state index contributed by atoms with van der Waals surface area (Å²) in [6, 6.07) is 7.96. The van der Waals surface area contributed by atoms with Crippen LogP contribution in [0.4, 0.5) is 0 Å². The fourth-order valence-electron chi connectivity index (χ4n) is 2.46. The molecular formula is C16H20N2O2. The highest BCUT2D eigenvalue weighted by Gasteiger charge is 2.22. The number of aromatic carboxylic acids is 1. The molecule has 0 unspecified atom stereocenters. The topological polar surface area (TPSA) is 55.1 Å². The highest BCUT2D eigenvalue weighted by molar-refractivity contribution is 5.90. The maximum absolute atomic E-state index is 11.5. The lowest BCUT2D eigenvalue weighted by Crippen LogP contribution is -2.06. The van der Waals surface area contributed by atoms with Gasteiger partial charge < -0.3 is 5.11 Å². The Morgan fingerprint density at radius 3 is 2.65 bits per heavy atom. The number of nitrogens with zero attached hydrogens (tertiary/aromatic N) is 2. The fourth-order valence-corrected chi connectivity index (χ4v) is 2.46. The molecule has 0 aliphatic heterocycles. The Morgan fingerprint density at radius 2 is 2.10 bits per heavy atom. The van der Waals surface area contributed by atoms with Gasteiger partial charge in [-0.3, -0.25) is 0 Å². The molecule has 0 aliphatic rings. The molecule has 0 bridgehead atoms.